The Kier molecular flexibility index (Phi) is 7.44. The van der Waals surface area contributed by atoms with Crippen LogP contribution in [-0.2, 0) is 0 Å². The zero-order chi connectivity index (χ0) is 34.4. The number of thiophene rings is 1. The number of fused-ring (bicyclic) bond motifs is 6. The Morgan fingerprint density at radius 1 is 0.577 bits per heavy atom. The molecule has 10 rings (SSSR count). The van der Waals surface area contributed by atoms with E-state index in [0.29, 0.717) is 0 Å². The quantitative estimate of drug-likeness (QED) is 0.169. The fourth-order valence-corrected chi connectivity index (χ4v) is 9.06. The van der Waals surface area contributed by atoms with Crippen LogP contribution in [0.15, 0.2) is 199 Å². The molecule has 52 heavy (non-hydrogen) atoms. The molecule has 2 nitrogen and oxygen atoms in total. The maximum absolute atomic E-state index is 2.50. The van der Waals surface area contributed by atoms with Crippen molar-refractivity contribution < 1.29 is 0 Å². The van der Waals surface area contributed by atoms with E-state index in [0.717, 1.165) is 12.1 Å². The van der Waals surface area contributed by atoms with Crippen molar-refractivity contribution in [2.75, 3.05) is 4.90 Å². The molecule has 246 valence electrons. The molecular weight excluding hydrogens is 649 g/mol. The maximum Gasteiger partial charge on any atom is 0.0551 e. The van der Waals surface area contributed by atoms with Crippen molar-refractivity contribution in [3.8, 4) is 16.8 Å². The summed E-state index contributed by atoms with van der Waals surface area (Å²) in [5.41, 5.74) is 12.0. The number of rotatable bonds is 6. The first-order valence-electron chi connectivity index (χ1n) is 17.8. The molecule has 0 saturated carbocycles. The Morgan fingerprint density at radius 2 is 1.25 bits per heavy atom. The molecule has 0 amide bonds. The monoisotopic (exact) mass is 682 g/mol. The third kappa shape index (κ3) is 5.17. The van der Waals surface area contributed by atoms with E-state index < -0.39 is 0 Å². The van der Waals surface area contributed by atoms with Gasteiger partial charge in [-0.15, -0.1) is 11.3 Å². The molecule has 0 N–H and O–H groups in total. The first-order valence-corrected chi connectivity index (χ1v) is 18.6. The summed E-state index contributed by atoms with van der Waals surface area (Å²) < 4.78 is 5.03. The Morgan fingerprint density at radius 3 is 2.08 bits per heavy atom. The zero-order valence-electron chi connectivity index (χ0n) is 28.5. The van der Waals surface area contributed by atoms with Crippen molar-refractivity contribution in [2.45, 2.75) is 6.42 Å². The van der Waals surface area contributed by atoms with Crippen molar-refractivity contribution in [2.24, 2.45) is 0 Å². The fraction of sp³-hybridized carbons (Fsp3) is 0.0204. The fourth-order valence-electron chi connectivity index (χ4n) is 7.94. The van der Waals surface area contributed by atoms with Gasteiger partial charge in [0.25, 0.3) is 0 Å². The predicted molar refractivity (Wildman–Crippen MR) is 224 cm³/mol. The number of nitrogens with zero attached hydrogens (tertiary/aromatic N) is 2. The lowest BCUT2D eigenvalue weighted by Gasteiger charge is -2.31. The molecule has 1 aliphatic carbocycles. The highest BCUT2D eigenvalue weighted by Crippen LogP contribution is 2.45. The average molecular weight is 683 g/mol. The van der Waals surface area contributed by atoms with Crippen LogP contribution >= 0.6 is 11.3 Å². The van der Waals surface area contributed by atoms with Crippen LogP contribution in [0.4, 0.5) is 11.4 Å². The molecule has 0 radical (unpaired) electrons. The number of anilines is 2. The molecular formula is C49H34N2S. The zero-order valence-corrected chi connectivity index (χ0v) is 29.3. The summed E-state index contributed by atoms with van der Waals surface area (Å²) in [6, 6.07) is 61.6. The number of para-hydroxylation sites is 3. The SMILES string of the molecule is C1=C/C(=C/c2ccccc2)CC(N(c2cccc(-c3ccccc3-n3c4ccccc4c4ccccc43)c2)c2cccc3sc4ccccc4c23)=C1. The first kappa shape index (κ1) is 30.4. The summed E-state index contributed by atoms with van der Waals surface area (Å²) in [6.07, 6.45) is 9.85. The van der Waals surface area contributed by atoms with Gasteiger partial charge in [-0.25, -0.2) is 0 Å². The number of benzene rings is 7. The van der Waals surface area contributed by atoms with Crippen LogP contribution < -0.4 is 4.90 Å². The van der Waals surface area contributed by atoms with Crippen LogP contribution in [0.2, 0.25) is 0 Å². The lowest BCUT2D eigenvalue weighted by molar-refractivity contribution is 1.05. The van der Waals surface area contributed by atoms with Crippen LogP contribution in [0.3, 0.4) is 0 Å². The summed E-state index contributed by atoms with van der Waals surface area (Å²) >= 11 is 1.87. The molecule has 7 aromatic carbocycles. The smallest absolute Gasteiger partial charge is 0.0551 e. The van der Waals surface area contributed by atoms with E-state index in [1.807, 2.05) is 11.3 Å². The molecule has 0 saturated heterocycles. The topological polar surface area (TPSA) is 8.17 Å². The van der Waals surface area contributed by atoms with E-state index in [2.05, 4.69) is 204 Å². The highest BCUT2D eigenvalue weighted by atomic mass is 32.1. The minimum Gasteiger partial charge on any atom is -0.313 e. The van der Waals surface area contributed by atoms with Crippen molar-refractivity contribution in [1.82, 2.24) is 4.57 Å². The van der Waals surface area contributed by atoms with Crippen molar-refractivity contribution >= 4 is 70.8 Å². The van der Waals surface area contributed by atoms with Crippen LogP contribution in [0, 0.1) is 0 Å². The van der Waals surface area contributed by atoms with Gasteiger partial charge in [-0.2, -0.15) is 0 Å². The highest BCUT2D eigenvalue weighted by Gasteiger charge is 2.22. The minimum absolute atomic E-state index is 0.812. The molecule has 0 aliphatic heterocycles. The summed E-state index contributed by atoms with van der Waals surface area (Å²) in [6.45, 7) is 0. The Labute approximate surface area is 307 Å². The minimum atomic E-state index is 0.812. The summed E-state index contributed by atoms with van der Waals surface area (Å²) in [4.78, 5) is 2.50. The number of aromatic nitrogens is 1. The lowest BCUT2D eigenvalue weighted by Crippen LogP contribution is -2.18. The Hall–Kier alpha value is -6.42. The summed E-state index contributed by atoms with van der Waals surface area (Å²) in [7, 11) is 0. The van der Waals surface area contributed by atoms with Crippen molar-refractivity contribution in [3.63, 3.8) is 0 Å². The van der Waals surface area contributed by atoms with Gasteiger partial charge in [-0.3, -0.25) is 0 Å². The van der Waals surface area contributed by atoms with Crippen LogP contribution in [0.1, 0.15) is 12.0 Å². The highest BCUT2D eigenvalue weighted by molar-refractivity contribution is 7.26. The maximum atomic E-state index is 2.50. The molecule has 9 aromatic rings. The summed E-state index contributed by atoms with van der Waals surface area (Å²) in [5, 5.41) is 5.12. The third-order valence-corrected chi connectivity index (χ3v) is 11.3. The van der Waals surface area contributed by atoms with Gasteiger partial charge < -0.3 is 9.47 Å². The second-order valence-electron chi connectivity index (χ2n) is 13.3. The molecule has 3 heteroatoms. The number of allylic oxidation sites excluding steroid dienone is 4. The normalized spacial score (nSPS) is 13.8. The molecule has 2 heterocycles. The van der Waals surface area contributed by atoms with Crippen LogP contribution in [0.5, 0.6) is 0 Å². The van der Waals surface area contributed by atoms with E-state index in [1.54, 1.807) is 0 Å². The second kappa shape index (κ2) is 12.7. The van der Waals surface area contributed by atoms with Gasteiger partial charge in [0.1, 0.15) is 0 Å². The standard InChI is InChI=1S/C49H34N2S/c1-2-15-34(16-3-1)31-35-17-12-19-37(32-35)50(46-28-14-30-48-49(46)42-24-7-11-29-47(42)52-48)38-20-13-18-36(33-38)39-21-4-8-25-43(39)51-44-26-9-5-22-40(44)41-23-6-10-27-45(41)51/h1-31,33H,32H2/b35-31-. The van der Waals surface area contributed by atoms with Crippen molar-refractivity contribution in [3.05, 3.63) is 205 Å². The van der Waals surface area contributed by atoms with Gasteiger partial charge >= 0.3 is 0 Å². The first-order chi connectivity index (χ1) is 25.8. The van der Waals surface area contributed by atoms with Crippen LogP contribution in [0.25, 0.3) is 64.9 Å². The molecule has 0 unspecified atom stereocenters. The number of hydrogen-bond donors (Lipinski definition) is 0. The van der Waals surface area contributed by atoms with Crippen LogP contribution in [-0.4, -0.2) is 4.57 Å². The van der Waals surface area contributed by atoms with E-state index in [4.69, 9.17) is 0 Å². The molecule has 2 aromatic heterocycles. The van der Waals surface area contributed by atoms with Gasteiger partial charge in [-0.1, -0.05) is 140 Å². The van der Waals surface area contributed by atoms with Gasteiger partial charge in [0.05, 0.1) is 22.4 Å². The lowest BCUT2D eigenvalue weighted by atomic mass is 9.98. The Balaban J connectivity index is 1.17. The largest absolute Gasteiger partial charge is 0.313 e. The third-order valence-electron chi connectivity index (χ3n) is 10.2. The number of hydrogen-bond acceptors (Lipinski definition) is 2. The van der Waals surface area contributed by atoms with Gasteiger partial charge in [0, 0.05) is 54.3 Å². The van der Waals surface area contributed by atoms with Gasteiger partial charge in [0.15, 0.2) is 0 Å². The van der Waals surface area contributed by atoms with E-state index in [-0.39, 0.29) is 0 Å². The molecule has 0 spiro atoms. The second-order valence-corrected chi connectivity index (χ2v) is 14.4. The Bertz CT molecular complexity index is 2830. The molecule has 0 fully saturated rings. The molecule has 0 atom stereocenters. The summed E-state index contributed by atoms with van der Waals surface area (Å²) in [5.74, 6) is 0. The van der Waals surface area contributed by atoms with E-state index in [9.17, 15) is 0 Å². The predicted octanol–water partition coefficient (Wildman–Crippen LogP) is 13.9. The van der Waals surface area contributed by atoms with Gasteiger partial charge in [0.2, 0.25) is 0 Å². The van der Waals surface area contributed by atoms with Gasteiger partial charge in [-0.05, 0) is 71.3 Å². The van der Waals surface area contributed by atoms with Crippen molar-refractivity contribution in [1.29, 1.82) is 0 Å². The molecule has 1 aliphatic rings. The van der Waals surface area contributed by atoms with E-state index in [1.165, 1.54) is 81.3 Å². The average Bonchev–Trinajstić information content (AvgIpc) is 3.75. The van der Waals surface area contributed by atoms with E-state index >= 15 is 0 Å². The molecule has 0 bridgehead atoms.